The fraction of sp³-hybridized carbons (Fsp3) is 0.571. The molecule has 1 N–H and O–H groups in total. The van der Waals surface area contributed by atoms with Gasteiger partial charge in [-0.15, -0.1) is 0 Å². The molecule has 1 aromatic rings. The lowest BCUT2D eigenvalue weighted by Crippen LogP contribution is -2.13. The van der Waals surface area contributed by atoms with Crippen LogP contribution in [-0.4, -0.2) is 44.7 Å². The fourth-order valence-electron chi connectivity index (χ4n) is 1.40. The summed E-state index contributed by atoms with van der Waals surface area (Å²) < 4.78 is 15.7. The number of benzene rings is 1. The summed E-state index contributed by atoms with van der Waals surface area (Å²) in [6.45, 7) is 5.11. The normalized spacial score (nSPS) is 12.6. The van der Waals surface area contributed by atoms with Crippen LogP contribution < -0.4 is 0 Å². The van der Waals surface area contributed by atoms with E-state index in [2.05, 4.69) is 6.07 Å². The van der Waals surface area contributed by atoms with Gasteiger partial charge in [0.05, 0.1) is 33.0 Å². The van der Waals surface area contributed by atoms with Gasteiger partial charge in [-0.05, 0) is 18.6 Å². The third-order valence-corrected chi connectivity index (χ3v) is 2.35. The third-order valence-electron chi connectivity index (χ3n) is 2.35. The smallest absolute Gasteiger partial charge is 0.102 e. The van der Waals surface area contributed by atoms with E-state index in [1.54, 1.807) is 12.1 Å². The van der Waals surface area contributed by atoms with Crippen LogP contribution in [0, 0.1) is 6.07 Å². The molecule has 1 aromatic carbocycles. The van der Waals surface area contributed by atoms with Crippen LogP contribution in [0.3, 0.4) is 0 Å². The first-order valence-corrected chi connectivity index (χ1v) is 6.22. The molecular formula is C14H21O4. The van der Waals surface area contributed by atoms with Crippen molar-refractivity contribution >= 4 is 0 Å². The first kappa shape index (κ1) is 15.1. The van der Waals surface area contributed by atoms with Crippen LogP contribution in [-0.2, 0) is 14.2 Å². The van der Waals surface area contributed by atoms with Gasteiger partial charge < -0.3 is 19.3 Å². The highest BCUT2D eigenvalue weighted by molar-refractivity contribution is 5.16. The Labute approximate surface area is 108 Å². The van der Waals surface area contributed by atoms with Crippen LogP contribution >= 0.6 is 0 Å². The Morgan fingerprint density at radius 1 is 1.06 bits per heavy atom. The van der Waals surface area contributed by atoms with E-state index >= 15 is 0 Å². The minimum atomic E-state index is -0.594. The van der Waals surface area contributed by atoms with Crippen LogP contribution in [0.5, 0.6) is 0 Å². The maximum atomic E-state index is 9.79. The monoisotopic (exact) mass is 253 g/mol. The molecule has 0 bridgehead atoms. The number of hydrogen-bond donors (Lipinski definition) is 1. The summed E-state index contributed by atoms with van der Waals surface area (Å²) in [7, 11) is 0. The lowest BCUT2D eigenvalue weighted by molar-refractivity contribution is -0.00922. The van der Waals surface area contributed by atoms with E-state index in [0.29, 0.717) is 33.0 Å². The Morgan fingerprint density at radius 3 is 2.33 bits per heavy atom. The minimum absolute atomic E-state index is 0.277. The SMILES string of the molecule is CCOCCOCCOCC(O)c1cc[c]cc1. The van der Waals surface area contributed by atoms with Gasteiger partial charge in [0.1, 0.15) is 6.10 Å². The molecule has 1 rings (SSSR count). The average Bonchev–Trinajstić information content (AvgIpc) is 2.42. The van der Waals surface area contributed by atoms with Gasteiger partial charge >= 0.3 is 0 Å². The predicted molar refractivity (Wildman–Crippen MR) is 68.4 cm³/mol. The van der Waals surface area contributed by atoms with Gasteiger partial charge in [0.25, 0.3) is 0 Å². The summed E-state index contributed by atoms with van der Waals surface area (Å²) in [4.78, 5) is 0. The molecule has 0 aromatic heterocycles. The molecule has 0 amide bonds. The quantitative estimate of drug-likeness (QED) is 0.643. The maximum absolute atomic E-state index is 9.79. The summed E-state index contributed by atoms with van der Waals surface area (Å²) in [5, 5.41) is 9.79. The van der Waals surface area contributed by atoms with E-state index < -0.39 is 6.10 Å². The number of aliphatic hydroxyl groups is 1. The zero-order chi connectivity index (χ0) is 13.1. The van der Waals surface area contributed by atoms with Crippen molar-refractivity contribution in [1.29, 1.82) is 0 Å². The molecule has 4 heteroatoms. The Balaban J connectivity index is 1.98. The Kier molecular flexibility index (Phi) is 8.42. The van der Waals surface area contributed by atoms with Gasteiger partial charge in [0.2, 0.25) is 0 Å². The van der Waals surface area contributed by atoms with Gasteiger partial charge in [-0.25, -0.2) is 0 Å². The summed E-state index contributed by atoms with van der Waals surface area (Å²) >= 11 is 0. The highest BCUT2D eigenvalue weighted by Gasteiger charge is 2.06. The molecule has 0 fully saturated rings. The van der Waals surface area contributed by atoms with Crippen molar-refractivity contribution < 1.29 is 19.3 Å². The molecule has 4 nitrogen and oxygen atoms in total. The largest absolute Gasteiger partial charge is 0.386 e. The predicted octanol–water partition coefficient (Wildman–Crippen LogP) is 1.59. The maximum Gasteiger partial charge on any atom is 0.102 e. The number of aliphatic hydroxyl groups excluding tert-OH is 1. The summed E-state index contributed by atoms with van der Waals surface area (Å²) in [5.41, 5.74) is 0.839. The number of ether oxygens (including phenoxy) is 3. The molecule has 1 unspecified atom stereocenters. The Hall–Kier alpha value is -0.940. The minimum Gasteiger partial charge on any atom is -0.386 e. The van der Waals surface area contributed by atoms with Crippen LogP contribution in [0.15, 0.2) is 24.3 Å². The standard InChI is InChI=1S/C14H21O4/c1-2-16-8-9-17-10-11-18-12-14(15)13-6-4-3-5-7-13/h4-7,14-15H,2,8-12H2,1H3. The molecule has 101 valence electrons. The van der Waals surface area contributed by atoms with E-state index in [1.807, 2.05) is 19.1 Å². The average molecular weight is 253 g/mol. The van der Waals surface area contributed by atoms with Crippen molar-refractivity contribution in [1.82, 2.24) is 0 Å². The second-order valence-electron chi connectivity index (χ2n) is 3.73. The van der Waals surface area contributed by atoms with E-state index in [9.17, 15) is 5.11 Å². The van der Waals surface area contributed by atoms with Crippen molar-refractivity contribution in [2.45, 2.75) is 13.0 Å². The first-order valence-electron chi connectivity index (χ1n) is 6.22. The molecule has 18 heavy (non-hydrogen) atoms. The fourth-order valence-corrected chi connectivity index (χ4v) is 1.40. The lowest BCUT2D eigenvalue weighted by Gasteiger charge is -2.11. The molecule has 0 aliphatic carbocycles. The van der Waals surface area contributed by atoms with Gasteiger partial charge in [-0.1, -0.05) is 24.3 Å². The highest BCUT2D eigenvalue weighted by atomic mass is 16.5. The Morgan fingerprint density at radius 2 is 1.67 bits per heavy atom. The van der Waals surface area contributed by atoms with E-state index in [-0.39, 0.29) is 6.61 Å². The first-order chi connectivity index (χ1) is 8.84. The van der Waals surface area contributed by atoms with Gasteiger partial charge in [-0.3, -0.25) is 0 Å². The van der Waals surface area contributed by atoms with E-state index in [0.717, 1.165) is 5.56 Å². The van der Waals surface area contributed by atoms with Gasteiger partial charge in [0.15, 0.2) is 0 Å². The van der Waals surface area contributed by atoms with Gasteiger partial charge in [0, 0.05) is 6.61 Å². The number of hydrogen-bond acceptors (Lipinski definition) is 4. The second-order valence-corrected chi connectivity index (χ2v) is 3.73. The molecule has 0 aliphatic rings. The topological polar surface area (TPSA) is 47.9 Å². The van der Waals surface area contributed by atoms with Crippen molar-refractivity contribution in [3.63, 3.8) is 0 Å². The molecule has 1 atom stereocenters. The number of rotatable bonds is 10. The lowest BCUT2D eigenvalue weighted by atomic mass is 10.1. The van der Waals surface area contributed by atoms with E-state index in [1.165, 1.54) is 0 Å². The molecule has 0 saturated heterocycles. The molecular weight excluding hydrogens is 232 g/mol. The summed E-state index contributed by atoms with van der Waals surface area (Å²) in [6, 6.07) is 10.1. The van der Waals surface area contributed by atoms with Crippen molar-refractivity contribution in [3.05, 3.63) is 35.9 Å². The molecule has 0 heterocycles. The van der Waals surface area contributed by atoms with Crippen molar-refractivity contribution in [3.8, 4) is 0 Å². The zero-order valence-corrected chi connectivity index (χ0v) is 10.8. The summed E-state index contributed by atoms with van der Waals surface area (Å²) in [6.07, 6.45) is -0.594. The molecule has 0 saturated carbocycles. The second kappa shape index (κ2) is 10.0. The highest BCUT2D eigenvalue weighted by Crippen LogP contribution is 2.11. The molecule has 0 aliphatic heterocycles. The van der Waals surface area contributed by atoms with Crippen LogP contribution in [0.1, 0.15) is 18.6 Å². The van der Waals surface area contributed by atoms with Crippen molar-refractivity contribution in [2.75, 3.05) is 39.6 Å². The van der Waals surface area contributed by atoms with Crippen LogP contribution in [0.25, 0.3) is 0 Å². The van der Waals surface area contributed by atoms with Crippen molar-refractivity contribution in [2.24, 2.45) is 0 Å². The van der Waals surface area contributed by atoms with Crippen LogP contribution in [0.2, 0.25) is 0 Å². The zero-order valence-electron chi connectivity index (χ0n) is 10.8. The molecule has 1 radical (unpaired) electrons. The molecule has 0 spiro atoms. The Bertz CT molecular complexity index is 289. The van der Waals surface area contributed by atoms with E-state index in [4.69, 9.17) is 14.2 Å². The van der Waals surface area contributed by atoms with Crippen LogP contribution in [0.4, 0.5) is 0 Å². The third kappa shape index (κ3) is 6.71. The van der Waals surface area contributed by atoms with Gasteiger partial charge in [-0.2, -0.15) is 0 Å². The summed E-state index contributed by atoms with van der Waals surface area (Å²) in [5.74, 6) is 0.